The van der Waals surface area contributed by atoms with Crippen molar-refractivity contribution in [2.75, 3.05) is 103 Å². The lowest BCUT2D eigenvalue weighted by molar-refractivity contribution is -0.137. The van der Waals surface area contributed by atoms with Crippen LogP contribution < -0.4 is 24.0 Å². The van der Waals surface area contributed by atoms with Crippen LogP contribution in [0, 0.1) is 6.92 Å². The van der Waals surface area contributed by atoms with Gasteiger partial charge in [0.15, 0.2) is 48.7 Å². The molecule has 0 aliphatic carbocycles. The van der Waals surface area contributed by atoms with Crippen LogP contribution in [-0.4, -0.2) is 190 Å². The number of aliphatic hydroxyl groups excluding tert-OH is 2. The quantitative estimate of drug-likeness (QED) is 0.0651. The van der Waals surface area contributed by atoms with Crippen LogP contribution in [0.3, 0.4) is 0 Å². The Morgan fingerprint density at radius 2 is 1.20 bits per heavy atom. The average Bonchev–Trinajstić information content (AvgIpc) is 4.09. The van der Waals surface area contributed by atoms with Crippen molar-refractivity contribution in [3.05, 3.63) is 77.4 Å². The Morgan fingerprint density at radius 3 is 1.86 bits per heavy atom. The number of Topliss-reactive ketones (excluding diaryl/α,β-unsaturated/α-hetero) is 3. The fourth-order valence-electron chi connectivity index (χ4n) is 9.93. The number of hydrogen-bond donors (Lipinski definition) is 2. The zero-order chi connectivity index (χ0) is 56.8. The highest BCUT2D eigenvalue weighted by Gasteiger charge is 2.47. The summed E-state index contributed by atoms with van der Waals surface area (Å²) in [5.74, 6) is -1.20. The van der Waals surface area contributed by atoms with E-state index in [2.05, 4.69) is 13.2 Å². The summed E-state index contributed by atoms with van der Waals surface area (Å²) in [6.45, 7) is 11.3. The average molecular weight is 1100 g/mol. The fraction of sp³-hybridized carbons (Fsp3) is 0.536. The predicted molar refractivity (Wildman–Crippen MR) is 283 cm³/mol. The number of nitrogens with zero attached hydrogens (tertiary/aromatic N) is 5. The Kier molecular flexibility index (Phi) is 21.3. The molecule has 0 radical (unpaired) electrons. The van der Waals surface area contributed by atoms with Crippen molar-refractivity contribution < 1.29 is 86.5 Å². The number of unbranched alkanes of at least 4 members (excludes halogenated alkanes) is 2. The maximum Gasteiger partial charge on any atom is 0.416 e. The second-order valence-electron chi connectivity index (χ2n) is 19.9. The summed E-state index contributed by atoms with van der Waals surface area (Å²) in [6, 6.07) is 5.19. The number of aryl methyl sites for hydroxylation is 1. The summed E-state index contributed by atoms with van der Waals surface area (Å²) in [4.78, 5) is 109. The van der Waals surface area contributed by atoms with Crippen molar-refractivity contribution >= 4 is 58.6 Å². The summed E-state index contributed by atoms with van der Waals surface area (Å²) < 4.78 is 44.9. The molecule has 5 heterocycles. The van der Waals surface area contributed by atoms with E-state index in [-0.39, 0.29) is 101 Å². The predicted octanol–water partition coefficient (Wildman–Crippen LogP) is 4.35. The van der Waals surface area contributed by atoms with E-state index in [1.54, 1.807) is 32.2 Å². The van der Waals surface area contributed by atoms with E-state index in [0.29, 0.717) is 98.0 Å². The van der Waals surface area contributed by atoms with Gasteiger partial charge >= 0.3 is 12.2 Å². The molecule has 0 bridgehead atoms. The molecule has 79 heavy (non-hydrogen) atoms. The molecule has 2 aromatic rings. The highest BCUT2D eigenvalue weighted by atomic mass is 16.6. The largest absolute Gasteiger partial charge is 0.493 e. The second-order valence-corrected chi connectivity index (χ2v) is 19.9. The summed E-state index contributed by atoms with van der Waals surface area (Å²) in [7, 11) is 3.05. The molecule has 4 atom stereocenters. The van der Waals surface area contributed by atoms with Gasteiger partial charge in [-0.2, -0.15) is 0 Å². The van der Waals surface area contributed by atoms with Gasteiger partial charge in [0, 0.05) is 89.9 Å². The number of methoxy groups -OCH3 is 2. The van der Waals surface area contributed by atoms with E-state index in [0.717, 1.165) is 32.4 Å². The molecule has 0 aromatic heterocycles. The van der Waals surface area contributed by atoms with Gasteiger partial charge in [-0.05, 0) is 68.7 Å². The third-order valence-corrected chi connectivity index (χ3v) is 14.1. The number of imide groups is 1. The van der Waals surface area contributed by atoms with Gasteiger partial charge in [-0.15, -0.1) is 0 Å². The first-order valence-corrected chi connectivity index (χ1v) is 26.5. The number of carbonyl (C=O) groups excluding carboxylic acids is 8. The Balaban J connectivity index is 0.912. The summed E-state index contributed by atoms with van der Waals surface area (Å²) >= 11 is 0. The van der Waals surface area contributed by atoms with Crippen molar-refractivity contribution in [2.45, 2.75) is 102 Å². The Bertz CT molecular complexity index is 2660. The molecule has 23 heteroatoms. The number of rotatable bonds is 29. The second kappa shape index (κ2) is 28.2. The molecule has 2 fully saturated rings. The van der Waals surface area contributed by atoms with Crippen LogP contribution in [0.5, 0.6) is 17.2 Å². The van der Waals surface area contributed by atoms with Crippen molar-refractivity contribution in [1.29, 1.82) is 0 Å². The molecule has 0 saturated carbocycles. The number of ketones is 3. The van der Waals surface area contributed by atoms with Gasteiger partial charge in [-0.1, -0.05) is 24.3 Å². The van der Waals surface area contributed by atoms with Crippen LogP contribution in [0.4, 0.5) is 21.0 Å². The highest BCUT2D eigenvalue weighted by molar-refractivity contribution is 6.13. The van der Waals surface area contributed by atoms with Gasteiger partial charge in [0.05, 0.1) is 75.8 Å². The number of amides is 5. The molecule has 0 spiro atoms. The summed E-state index contributed by atoms with van der Waals surface area (Å²) in [5, 5.41) is 23.5. The highest BCUT2D eigenvalue weighted by Crippen LogP contribution is 2.43. The van der Waals surface area contributed by atoms with Crippen molar-refractivity contribution in [3.63, 3.8) is 0 Å². The summed E-state index contributed by atoms with van der Waals surface area (Å²) in [5.41, 5.74) is 3.39. The van der Waals surface area contributed by atoms with Crippen molar-refractivity contribution in [2.24, 2.45) is 0 Å². The smallest absolute Gasteiger partial charge is 0.416 e. The molecule has 5 aliphatic rings. The Labute approximate surface area is 458 Å². The van der Waals surface area contributed by atoms with Crippen LogP contribution in [0.25, 0.3) is 0 Å². The first kappa shape index (κ1) is 59.6. The molecule has 2 saturated heterocycles. The molecular formula is C56H71N5O18. The molecule has 2 N–H and O–H groups in total. The molecule has 0 unspecified atom stereocenters. The molecule has 7 rings (SSSR count). The van der Waals surface area contributed by atoms with Crippen molar-refractivity contribution in [3.8, 4) is 17.2 Å². The van der Waals surface area contributed by atoms with E-state index in [1.807, 2.05) is 4.90 Å². The number of aliphatic hydroxyl groups is 2. The first-order valence-electron chi connectivity index (χ1n) is 26.5. The van der Waals surface area contributed by atoms with Gasteiger partial charge in [-0.25, -0.2) is 19.4 Å². The topological polar surface area (TPSA) is 267 Å². The van der Waals surface area contributed by atoms with E-state index < -0.39 is 73.4 Å². The zero-order valence-corrected chi connectivity index (χ0v) is 45.1. The van der Waals surface area contributed by atoms with E-state index >= 15 is 0 Å². The summed E-state index contributed by atoms with van der Waals surface area (Å²) in [6.07, 6.45) is 0.404. The minimum Gasteiger partial charge on any atom is -0.493 e. The molecule has 5 amide bonds. The number of fused-ring (bicyclic) bond motifs is 4. The monoisotopic (exact) mass is 1100 g/mol. The van der Waals surface area contributed by atoms with Crippen LogP contribution in [0.1, 0.15) is 85.7 Å². The van der Waals surface area contributed by atoms with E-state index in [9.17, 15) is 48.6 Å². The van der Waals surface area contributed by atoms with Gasteiger partial charge in [-0.3, -0.25) is 38.6 Å². The van der Waals surface area contributed by atoms with Crippen molar-refractivity contribution in [1.82, 2.24) is 14.7 Å². The zero-order valence-electron chi connectivity index (χ0n) is 45.1. The normalized spacial score (nSPS) is 19.7. The lowest BCUT2D eigenvalue weighted by Gasteiger charge is -2.31. The molecule has 23 nitrogen and oxygen atoms in total. The lowest BCUT2D eigenvalue weighted by Crippen LogP contribution is -2.51. The molecular weight excluding hydrogens is 1030 g/mol. The maximum absolute atomic E-state index is 14.0. The van der Waals surface area contributed by atoms with E-state index in [1.165, 1.54) is 18.1 Å². The Hall–Kier alpha value is -7.02. The third-order valence-electron chi connectivity index (χ3n) is 14.1. The molecule has 428 valence electrons. The minimum absolute atomic E-state index is 0.00473. The van der Waals surface area contributed by atoms with Gasteiger partial charge in [0.1, 0.15) is 11.5 Å². The molecule has 2 aromatic carbocycles. The third kappa shape index (κ3) is 15.2. The minimum atomic E-state index is -1.56. The van der Waals surface area contributed by atoms with Crippen LogP contribution >= 0.6 is 0 Å². The number of benzene rings is 2. The van der Waals surface area contributed by atoms with Crippen LogP contribution in [-0.2, 0) is 54.2 Å². The Morgan fingerprint density at radius 1 is 0.608 bits per heavy atom. The maximum atomic E-state index is 14.0. The number of hydrogen-bond acceptors (Lipinski definition) is 19. The van der Waals surface area contributed by atoms with Crippen LogP contribution in [0.15, 0.2) is 60.7 Å². The standard InChI is InChI=1S/C56H71N5O18/c1-35-24-45-53(68)60(55(70)78-33-41(64)15-21-75-23-22-72-4)43-28-49(48(73-5)27-38(43)32-57(45)30-35)77-19-8-6-7-18-76-47-29-44-42(26-37(47)3)52(67)59-31-36(2)25-46(59)54(69)61(44)56(71)79-34-40(63)14-20-74-17-9-10-39(62)13-16-58-50(65)11-12-51(58)66/h11-12,26-29,45-46,53-54,68-69H,1-2,6-10,13-25,30-34H2,3-5H3/t45-,46-,53-,54-/m0/s1. The number of anilines is 2. The number of ether oxygens (including phenoxy) is 8. The van der Waals surface area contributed by atoms with E-state index in [4.69, 9.17) is 37.9 Å². The fourth-order valence-corrected chi connectivity index (χ4v) is 9.93. The van der Waals surface area contributed by atoms with Gasteiger partial charge in [0.25, 0.3) is 17.7 Å². The van der Waals surface area contributed by atoms with Crippen LogP contribution in [0.2, 0.25) is 0 Å². The number of carbonyl (C=O) groups is 8. The lowest BCUT2D eigenvalue weighted by atomic mass is 10.1. The van der Waals surface area contributed by atoms with Gasteiger partial charge in [0.2, 0.25) is 0 Å². The molecule has 5 aliphatic heterocycles. The first-order chi connectivity index (χ1) is 38.0. The van der Waals surface area contributed by atoms with Gasteiger partial charge < -0.3 is 53.0 Å². The SMILES string of the molecule is C=C1C[C@H]2[C@H](O)N(C(=O)OCC(=O)CCOCCOC)c3cc(OCCCCCOc4cc5c(cc4C)C(=O)N4CC(=C)C[C@H]4[C@H](O)N5C(=O)OCC(=O)CCOCCCC(=O)CCN4C(=O)C=CC4=O)c(OC)cc3CN2C1.